The molecular formula is C13H21N5O2. The zero-order valence-corrected chi connectivity index (χ0v) is 11.7. The Morgan fingerprint density at radius 1 is 1.50 bits per heavy atom. The van der Waals surface area contributed by atoms with Gasteiger partial charge in [-0.1, -0.05) is 6.92 Å². The van der Waals surface area contributed by atoms with Crippen LogP contribution in [0, 0.1) is 0 Å². The minimum Gasteiger partial charge on any atom is -0.379 e. The predicted octanol–water partition coefficient (Wildman–Crippen LogP) is 0.0982. The van der Waals surface area contributed by atoms with Gasteiger partial charge in [0.25, 0.3) is 5.91 Å². The van der Waals surface area contributed by atoms with Gasteiger partial charge in [0.05, 0.1) is 25.6 Å². The Balaban J connectivity index is 1.92. The first-order valence-electron chi connectivity index (χ1n) is 6.88. The summed E-state index contributed by atoms with van der Waals surface area (Å²) in [6, 6.07) is 0.415. The van der Waals surface area contributed by atoms with Gasteiger partial charge in [-0.05, 0) is 6.42 Å². The van der Waals surface area contributed by atoms with Gasteiger partial charge in [0.1, 0.15) is 11.5 Å². The minimum atomic E-state index is -0.568. The SMILES string of the molecule is CC[C@H](CNc1cncc(C(N)=O)n1)N1CCOCC1. The molecule has 1 atom stereocenters. The van der Waals surface area contributed by atoms with Crippen molar-refractivity contribution in [3.63, 3.8) is 0 Å². The lowest BCUT2D eigenvalue weighted by Crippen LogP contribution is -2.46. The number of carbonyl (C=O) groups excluding carboxylic acids is 1. The number of carbonyl (C=O) groups is 1. The lowest BCUT2D eigenvalue weighted by Gasteiger charge is -2.34. The Morgan fingerprint density at radius 2 is 2.25 bits per heavy atom. The molecule has 110 valence electrons. The highest BCUT2D eigenvalue weighted by atomic mass is 16.5. The van der Waals surface area contributed by atoms with E-state index in [1.54, 1.807) is 6.20 Å². The third kappa shape index (κ3) is 3.88. The van der Waals surface area contributed by atoms with E-state index < -0.39 is 5.91 Å². The molecule has 0 bridgehead atoms. The highest BCUT2D eigenvalue weighted by Crippen LogP contribution is 2.09. The number of rotatable bonds is 6. The van der Waals surface area contributed by atoms with Crippen LogP contribution in [0.3, 0.4) is 0 Å². The quantitative estimate of drug-likeness (QED) is 0.767. The molecule has 7 heteroatoms. The summed E-state index contributed by atoms with van der Waals surface area (Å²) in [6.07, 6.45) is 4.00. The first-order chi connectivity index (χ1) is 9.70. The Morgan fingerprint density at radius 3 is 2.90 bits per heavy atom. The average molecular weight is 279 g/mol. The van der Waals surface area contributed by atoms with Crippen LogP contribution in [-0.4, -0.2) is 59.7 Å². The van der Waals surface area contributed by atoms with Gasteiger partial charge >= 0.3 is 0 Å². The molecule has 0 aromatic carbocycles. The summed E-state index contributed by atoms with van der Waals surface area (Å²) in [4.78, 5) is 21.6. The molecule has 7 nitrogen and oxygen atoms in total. The lowest BCUT2D eigenvalue weighted by atomic mass is 10.1. The van der Waals surface area contributed by atoms with Crippen molar-refractivity contribution in [3.8, 4) is 0 Å². The fourth-order valence-electron chi connectivity index (χ4n) is 2.27. The second-order valence-corrected chi connectivity index (χ2v) is 4.75. The molecule has 0 radical (unpaired) electrons. The maximum Gasteiger partial charge on any atom is 0.268 e. The summed E-state index contributed by atoms with van der Waals surface area (Å²) >= 11 is 0. The zero-order valence-electron chi connectivity index (χ0n) is 11.7. The Hall–Kier alpha value is -1.73. The number of anilines is 1. The van der Waals surface area contributed by atoms with E-state index in [0.29, 0.717) is 11.9 Å². The maximum atomic E-state index is 11.1. The van der Waals surface area contributed by atoms with Crippen molar-refractivity contribution in [3.05, 3.63) is 18.1 Å². The molecule has 1 aromatic rings. The van der Waals surface area contributed by atoms with E-state index in [2.05, 4.69) is 27.1 Å². The summed E-state index contributed by atoms with van der Waals surface area (Å²) in [5, 5.41) is 3.22. The minimum absolute atomic E-state index is 0.175. The van der Waals surface area contributed by atoms with Gasteiger partial charge in [0.15, 0.2) is 0 Å². The molecule has 1 saturated heterocycles. The molecule has 1 aromatic heterocycles. The molecule has 0 saturated carbocycles. The molecule has 1 aliphatic heterocycles. The number of nitrogens with one attached hydrogen (secondary N) is 1. The van der Waals surface area contributed by atoms with Gasteiger partial charge in [0.2, 0.25) is 0 Å². The van der Waals surface area contributed by atoms with Crippen LogP contribution < -0.4 is 11.1 Å². The number of ether oxygens (including phenoxy) is 1. The number of morpholine rings is 1. The summed E-state index contributed by atoms with van der Waals surface area (Å²) < 4.78 is 5.36. The number of aromatic nitrogens is 2. The number of hydrogen-bond donors (Lipinski definition) is 2. The largest absolute Gasteiger partial charge is 0.379 e. The highest BCUT2D eigenvalue weighted by molar-refractivity contribution is 5.90. The Kier molecular flexibility index (Phi) is 5.25. The van der Waals surface area contributed by atoms with Gasteiger partial charge in [-0.3, -0.25) is 14.7 Å². The highest BCUT2D eigenvalue weighted by Gasteiger charge is 2.19. The fourth-order valence-corrected chi connectivity index (χ4v) is 2.27. The average Bonchev–Trinajstić information content (AvgIpc) is 2.49. The van der Waals surface area contributed by atoms with Crippen molar-refractivity contribution >= 4 is 11.7 Å². The molecular weight excluding hydrogens is 258 g/mol. The third-order valence-corrected chi connectivity index (χ3v) is 3.44. The maximum absolute atomic E-state index is 11.1. The van der Waals surface area contributed by atoms with E-state index in [-0.39, 0.29) is 5.69 Å². The van der Waals surface area contributed by atoms with Crippen LogP contribution in [0.4, 0.5) is 5.82 Å². The van der Waals surface area contributed by atoms with Crippen molar-refractivity contribution in [2.75, 3.05) is 38.2 Å². The van der Waals surface area contributed by atoms with Crippen LogP contribution in [0.2, 0.25) is 0 Å². The van der Waals surface area contributed by atoms with Gasteiger partial charge in [0, 0.05) is 25.7 Å². The van der Waals surface area contributed by atoms with Crippen molar-refractivity contribution in [1.82, 2.24) is 14.9 Å². The van der Waals surface area contributed by atoms with Crippen LogP contribution in [0.25, 0.3) is 0 Å². The van der Waals surface area contributed by atoms with Gasteiger partial charge in [-0.25, -0.2) is 4.98 Å². The smallest absolute Gasteiger partial charge is 0.268 e. The lowest BCUT2D eigenvalue weighted by molar-refractivity contribution is 0.0184. The molecule has 20 heavy (non-hydrogen) atoms. The topological polar surface area (TPSA) is 93.4 Å². The zero-order chi connectivity index (χ0) is 14.4. The number of hydrogen-bond acceptors (Lipinski definition) is 6. The number of amides is 1. The van der Waals surface area contributed by atoms with E-state index >= 15 is 0 Å². The number of nitrogens with zero attached hydrogens (tertiary/aromatic N) is 3. The van der Waals surface area contributed by atoms with E-state index in [1.807, 2.05) is 0 Å². The van der Waals surface area contributed by atoms with Crippen LogP contribution in [0.5, 0.6) is 0 Å². The summed E-state index contributed by atoms with van der Waals surface area (Å²) in [7, 11) is 0. The van der Waals surface area contributed by atoms with Crippen LogP contribution >= 0.6 is 0 Å². The van der Waals surface area contributed by atoms with Crippen molar-refractivity contribution in [2.45, 2.75) is 19.4 Å². The van der Waals surface area contributed by atoms with Gasteiger partial charge in [-0.2, -0.15) is 0 Å². The first-order valence-corrected chi connectivity index (χ1v) is 6.88. The molecule has 1 fully saturated rings. The molecule has 2 rings (SSSR count). The van der Waals surface area contributed by atoms with E-state index in [1.165, 1.54) is 6.20 Å². The molecule has 0 aliphatic carbocycles. The monoisotopic (exact) mass is 279 g/mol. The molecule has 2 heterocycles. The normalized spacial score (nSPS) is 17.6. The molecule has 1 aliphatic rings. The van der Waals surface area contributed by atoms with E-state index in [9.17, 15) is 4.79 Å². The molecule has 3 N–H and O–H groups in total. The fraction of sp³-hybridized carbons (Fsp3) is 0.615. The standard InChI is InChI=1S/C13H21N5O2/c1-2-10(18-3-5-20-6-4-18)7-16-12-9-15-8-11(17-12)13(14)19/h8-10H,2-7H2,1H3,(H2,14,19)(H,16,17)/t10-/m1/s1. The van der Waals surface area contributed by atoms with Gasteiger partial charge in [-0.15, -0.1) is 0 Å². The van der Waals surface area contributed by atoms with Crippen molar-refractivity contribution in [2.24, 2.45) is 5.73 Å². The van der Waals surface area contributed by atoms with E-state index in [0.717, 1.165) is 39.3 Å². The van der Waals surface area contributed by atoms with Crippen LogP contribution in [0.1, 0.15) is 23.8 Å². The molecule has 0 spiro atoms. The predicted molar refractivity (Wildman–Crippen MR) is 75.5 cm³/mol. The number of primary amides is 1. The number of nitrogens with two attached hydrogens (primary N) is 1. The third-order valence-electron chi connectivity index (χ3n) is 3.44. The molecule has 1 amide bonds. The van der Waals surface area contributed by atoms with Gasteiger partial charge < -0.3 is 15.8 Å². The first kappa shape index (κ1) is 14.7. The second-order valence-electron chi connectivity index (χ2n) is 4.75. The second kappa shape index (κ2) is 7.16. The summed E-state index contributed by atoms with van der Waals surface area (Å²) in [6.45, 7) is 6.39. The molecule has 0 unspecified atom stereocenters. The van der Waals surface area contributed by atoms with Crippen LogP contribution in [0.15, 0.2) is 12.4 Å². The van der Waals surface area contributed by atoms with E-state index in [4.69, 9.17) is 10.5 Å². The van der Waals surface area contributed by atoms with Crippen molar-refractivity contribution < 1.29 is 9.53 Å². The summed E-state index contributed by atoms with van der Waals surface area (Å²) in [5.41, 5.74) is 5.37. The van der Waals surface area contributed by atoms with Crippen molar-refractivity contribution in [1.29, 1.82) is 0 Å². The Labute approximate surface area is 118 Å². The Bertz CT molecular complexity index is 448. The summed E-state index contributed by atoms with van der Waals surface area (Å²) in [5.74, 6) is 0.00869. The van der Waals surface area contributed by atoms with Crippen LogP contribution in [-0.2, 0) is 4.74 Å².